The molecule has 0 aromatic heterocycles. The van der Waals surface area contributed by atoms with Crippen molar-refractivity contribution in [3.63, 3.8) is 0 Å². The number of hydrogen-bond acceptors (Lipinski definition) is 5. The van der Waals surface area contributed by atoms with Crippen LogP contribution < -0.4 is 5.73 Å². The summed E-state index contributed by atoms with van der Waals surface area (Å²) in [6.45, 7) is 4.07. The standard InChI is InChI=1S/C15H27N3S.C4H8F2O.H2/c1-17-11-19-15-7-9-18(10-14(15)17)8-6-12-2-4-13(16)5-3-12;1-4(5,6)3-7-2;/h12-13H,2-11,16H2,1H3;3H2,1-2H3;1H. The van der Waals surface area contributed by atoms with Crippen LogP contribution >= 0.6 is 11.8 Å². The van der Waals surface area contributed by atoms with Gasteiger partial charge in [0.2, 0.25) is 0 Å². The van der Waals surface area contributed by atoms with E-state index in [4.69, 9.17) is 5.73 Å². The molecule has 0 unspecified atom stereocenters. The van der Waals surface area contributed by atoms with Crippen LogP contribution in [-0.4, -0.2) is 68.0 Å². The van der Waals surface area contributed by atoms with Crippen LogP contribution in [0.25, 0.3) is 0 Å². The molecule has 2 aliphatic heterocycles. The molecule has 0 atom stereocenters. The average Bonchev–Trinajstić information content (AvgIpc) is 2.95. The first-order valence-corrected chi connectivity index (χ1v) is 10.7. The molecule has 0 aromatic carbocycles. The van der Waals surface area contributed by atoms with Crippen molar-refractivity contribution in [3.8, 4) is 0 Å². The summed E-state index contributed by atoms with van der Waals surface area (Å²) in [7, 11) is 3.48. The van der Waals surface area contributed by atoms with Gasteiger partial charge < -0.3 is 15.4 Å². The molecule has 1 fully saturated rings. The summed E-state index contributed by atoms with van der Waals surface area (Å²) >= 11 is 2.05. The van der Waals surface area contributed by atoms with Crippen molar-refractivity contribution >= 4 is 11.8 Å². The lowest BCUT2D eigenvalue weighted by Gasteiger charge is -2.32. The normalized spacial score (nSPS) is 27.2. The number of ether oxygens (including phenoxy) is 1. The summed E-state index contributed by atoms with van der Waals surface area (Å²) < 4.78 is 27.4. The molecule has 26 heavy (non-hydrogen) atoms. The van der Waals surface area contributed by atoms with Gasteiger partial charge in [0.25, 0.3) is 5.92 Å². The van der Waals surface area contributed by atoms with Gasteiger partial charge in [0, 0.05) is 52.2 Å². The van der Waals surface area contributed by atoms with E-state index in [9.17, 15) is 8.78 Å². The molecule has 0 aromatic rings. The highest BCUT2D eigenvalue weighted by molar-refractivity contribution is 8.03. The quantitative estimate of drug-likeness (QED) is 0.765. The number of hydrogen-bond donors (Lipinski definition) is 1. The van der Waals surface area contributed by atoms with Gasteiger partial charge in [0.15, 0.2) is 0 Å². The molecule has 0 bridgehead atoms. The minimum atomic E-state index is -2.67. The van der Waals surface area contributed by atoms with E-state index in [1.54, 1.807) is 10.6 Å². The Kier molecular flexibility index (Phi) is 8.64. The molecule has 0 saturated heterocycles. The van der Waals surface area contributed by atoms with Crippen molar-refractivity contribution in [1.29, 1.82) is 0 Å². The van der Waals surface area contributed by atoms with Crippen LogP contribution in [0, 0.1) is 5.92 Å². The monoisotopic (exact) mass is 393 g/mol. The van der Waals surface area contributed by atoms with Crippen molar-refractivity contribution in [2.45, 2.75) is 57.4 Å². The molecular formula is C19H37F2N3OS. The smallest absolute Gasteiger partial charge is 0.268 e. The zero-order chi connectivity index (χ0) is 19.2. The van der Waals surface area contributed by atoms with E-state index in [1.807, 2.05) is 11.8 Å². The van der Waals surface area contributed by atoms with Crippen LogP contribution in [-0.2, 0) is 4.74 Å². The zero-order valence-corrected chi connectivity index (χ0v) is 17.3. The average molecular weight is 394 g/mol. The van der Waals surface area contributed by atoms with Gasteiger partial charge in [-0.25, -0.2) is 8.78 Å². The third kappa shape index (κ3) is 7.33. The van der Waals surface area contributed by atoms with Gasteiger partial charge >= 0.3 is 0 Å². The SMILES string of the molecule is CN1CSC2=C1CN(CCC1CCC(N)CC1)CC2.COCC(C)(F)F.[HH]. The summed E-state index contributed by atoms with van der Waals surface area (Å²) in [5.74, 6) is -0.570. The molecule has 2 heterocycles. The summed E-state index contributed by atoms with van der Waals surface area (Å²) in [5, 5.41) is 0. The van der Waals surface area contributed by atoms with Crippen molar-refractivity contribution in [2.24, 2.45) is 11.7 Å². The number of nitrogens with two attached hydrogens (primary N) is 1. The van der Waals surface area contributed by atoms with Gasteiger partial charge in [-0.1, -0.05) is 0 Å². The van der Waals surface area contributed by atoms with Gasteiger partial charge in [-0.3, -0.25) is 4.90 Å². The third-order valence-electron chi connectivity index (χ3n) is 5.39. The van der Waals surface area contributed by atoms with E-state index in [0.717, 1.165) is 12.8 Å². The molecule has 7 heteroatoms. The Bertz CT molecular complexity index is 468. The van der Waals surface area contributed by atoms with Crippen molar-refractivity contribution in [3.05, 3.63) is 10.6 Å². The lowest BCUT2D eigenvalue weighted by Crippen LogP contribution is -2.36. The predicted molar refractivity (Wildman–Crippen MR) is 107 cm³/mol. The van der Waals surface area contributed by atoms with E-state index < -0.39 is 12.5 Å². The maximum absolute atomic E-state index is 11.6. The van der Waals surface area contributed by atoms with Gasteiger partial charge in [0.05, 0.1) is 5.88 Å². The molecule has 1 saturated carbocycles. The fraction of sp³-hybridized carbons (Fsp3) is 0.895. The summed E-state index contributed by atoms with van der Waals surface area (Å²) in [6.07, 6.45) is 7.88. The Morgan fingerprint density at radius 3 is 2.58 bits per heavy atom. The van der Waals surface area contributed by atoms with E-state index in [0.29, 0.717) is 6.04 Å². The van der Waals surface area contributed by atoms with Crippen molar-refractivity contribution < 1.29 is 14.9 Å². The maximum Gasteiger partial charge on any atom is 0.268 e. The molecule has 0 radical (unpaired) electrons. The number of methoxy groups -OCH3 is 1. The molecule has 154 valence electrons. The topological polar surface area (TPSA) is 41.7 Å². The highest BCUT2D eigenvalue weighted by Gasteiger charge is 2.27. The predicted octanol–water partition coefficient (Wildman–Crippen LogP) is 3.98. The second-order valence-corrected chi connectivity index (χ2v) is 8.98. The van der Waals surface area contributed by atoms with Crippen LogP contribution in [0.1, 0.15) is 46.9 Å². The van der Waals surface area contributed by atoms with Gasteiger partial charge in [0.1, 0.15) is 6.61 Å². The fourth-order valence-electron chi connectivity index (χ4n) is 3.81. The van der Waals surface area contributed by atoms with E-state index in [-0.39, 0.29) is 1.43 Å². The highest BCUT2D eigenvalue weighted by Crippen LogP contribution is 2.36. The van der Waals surface area contributed by atoms with Crippen LogP contribution in [0.4, 0.5) is 8.78 Å². The van der Waals surface area contributed by atoms with Gasteiger partial charge in [-0.15, -0.1) is 11.8 Å². The summed E-state index contributed by atoms with van der Waals surface area (Å²) in [4.78, 5) is 6.75. The second kappa shape index (κ2) is 10.2. The van der Waals surface area contributed by atoms with Crippen LogP contribution in [0.2, 0.25) is 0 Å². The summed E-state index contributed by atoms with van der Waals surface area (Å²) in [5.41, 5.74) is 7.58. The van der Waals surface area contributed by atoms with Crippen LogP contribution in [0.5, 0.6) is 0 Å². The largest absolute Gasteiger partial charge is 0.378 e. The molecule has 4 nitrogen and oxygen atoms in total. The fourth-order valence-corrected chi connectivity index (χ4v) is 4.94. The first-order chi connectivity index (χ1) is 12.3. The van der Waals surface area contributed by atoms with E-state index in [2.05, 4.69) is 21.6 Å². The van der Waals surface area contributed by atoms with Crippen molar-refractivity contribution in [2.75, 3.05) is 46.3 Å². The zero-order valence-electron chi connectivity index (χ0n) is 16.5. The second-order valence-electron chi connectivity index (χ2n) is 7.94. The lowest BCUT2D eigenvalue weighted by atomic mass is 9.84. The molecule has 0 amide bonds. The Morgan fingerprint density at radius 1 is 1.31 bits per heavy atom. The number of rotatable bonds is 5. The molecule has 3 aliphatic rings. The van der Waals surface area contributed by atoms with Crippen LogP contribution in [0.15, 0.2) is 10.6 Å². The first kappa shape index (κ1) is 21.9. The lowest BCUT2D eigenvalue weighted by molar-refractivity contribution is -0.0479. The molecular weight excluding hydrogens is 356 g/mol. The van der Waals surface area contributed by atoms with Crippen LogP contribution in [0.3, 0.4) is 0 Å². The Balaban J connectivity index is 0.000000395. The number of thioether (sulfide) groups is 1. The summed E-state index contributed by atoms with van der Waals surface area (Å²) in [6, 6.07) is 0.489. The van der Waals surface area contributed by atoms with E-state index >= 15 is 0 Å². The number of alkyl halides is 2. The Labute approximate surface area is 163 Å². The Morgan fingerprint density at radius 2 is 2.00 bits per heavy atom. The molecule has 3 rings (SSSR count). The minimum absolute atomic E-state index is 0. The first-order valence-electron chi connectivity index (χ1n) is 9.69. The molecule has 2 N–H and O–H groups in total. The third-order valence-corrected chi connectivity index (χ3v) is 6.69. The number of halogens is 2. The van der Waals surface area contributed by atoms with Gasteiger partial charge in [-0.2, -0.15) is 0 Å². The molecule has 0 spiro atoms. The van der Waals surface area contributed by atoms with Gasteiger partial charge in [-0.05, 0) is 51.0 Å². The van der Waals surface area contributed by atoms with Crippen molar-refractivity contribution in [1.82, 2.24) is 9.80 Å². The Hall–Kier alpha value is -0.370. The minimum Gasteiger partial charge on any atom is -0.378 e. The number of nitrogens with zero attached hydrogens (tertiary/aromatic N) is 2. The molecule has 1 aliphatic carbocycles. The van der Waals surface area contributed by atoms with E-state index in [1.165, 1.54) is 71.1 Å². The number of likely N-dealkylation sites (N-methyl/N-ethyl adjacent to an activating group) is 1. The highest BCUT2D eigenvalue weighted by atomic mass is 32.2. The maximum atomic E-state index is 11.6.